The number of amides is 1. The van der Waals surface area contributed by atoms with E-state index >= 15 is 0 Å². The minimum atomic E-state index is -0.352. The lowest BCUT2D eigenvalue weighted by Crippen LogP contribution is -2.25. The van der Waals surface area contributed by atoms with Crippen LogP contribution in [0.15, 0.2) is 102 Å². The van der Waals surface area contributed by atoms with Gasteiger partial charge in [0, 0.05) is 23.0 Å². The van der Waals surface area contributed by atoms with Gasteiger partial charge in [0.2, 0.25) is 11.1 Å². The van der Waals surface area contributed by atoms with Gasteiger partial charge in [-0.25, -0.2) is 4.98 Å². The van der Waals surface area contributed by atoms with Gasteiger partial charge in [-0.2, -0.15) is 0 Å². The number of rotatable bonds is 8. The van der Waals surface area contributed by atoms with Gasteiger partial charge < -0.3 is 9.88 Å². The molecule has 1 N–H and O–H groups in total. The highest BCUT2D eigenvalue weighted by Gasteiger charge is 2.22. The fraction of sp³-hybridized carbons (Fsp3) is 0.161. The van der Waals surface area contributed by atoms with Crippen LogP contribution in [0.1, 0.15) is 18.9 Å². The molecule has 2 heterocycles. The van der Waals surface area contributed by atoms with E-state index in [1.807, 2.05) is 67.6 Å². The van der Waals surface area contributed by atoms with Crippen LogP contribution in [0.4, 0.5) is 5.69 Å². The van der Waals surface area contributed by atoms with E-state index in [0.29, 0.717) is 11.6 Å². The van der Waals surface area contributed by atoms with E-state index in [0.717, 1.165) is 51.5 Å². The molecule has 0 aliphatic carbocycles. The summed E-state index contributed by atoms with van der Waals surface area (Å²) in [5.74, 6) is -0.0674. The number of aryl methyl sites for hydroxylation is 2. The van der Waals surface area contributed by atoms with E-state index < -0.39 is 0 Å². The summed E-state index contributed by atoms with van der Waals surface area (Å²) in [5, 5.41) is 15.4. The Hall–Kier alpha value is -4.23. The summed E-state index contributed by atoms with van der Waals surface area (Å²) in [4.78, 5) is 18.2. The van der Waals surface area contributed by atoms with Crippen molar-refractivity contribution in [2.75, 3.05) is 5.32 Å². The molecule has 7 heteroatoms. The first-order chi connectivity index (χ1) is 18.7. The first kappa shape index (κ1) is 24.1. The molecular formula is C31H27N5OS. The third-order valence-electron chi connectivity index (χ3n) is 6.78. The van der Waals surface area contributed by atoms with Gasteiger partial charge in [0.25, 0.3) is 0 Å². The molecule has 4 aromatic carbocycles. The number of thioether (sulfide) groups is 1. The largest absolute Gasteiger partial charge is 0.325 e. The lowest BCUT2D eigenvalue weighted by molar-refractivity contribution is -0.115. The van der Waals surface area contributed by atoms with Crippen LogP contribution in [0.5, 0.6) is 0 Å². The lowest BCUT2D eigenvalue weighted by Gasteiger charge is -2.15. The predicted molar refractivity (Wildman–Crippen MR) is 155 cm³/mol. The molecule has 0 aliphatic heterocycles. The van der Waals surface area contributed by atoms with Crippen molar-refractivity contribution >= 4 is 56.2 Å². The fourth-order valence-corrected chi connectivity index (χ4v) is 5.66. The average molecular weight is 518 g/mol. The molecule has 188 valence electrons. The standard InChI is InChI=1S/C31H27N5OS/c1-2-27(30(37)32-25-17-10-14-22-13-6-7-15-23(22)25)38-31-33-29-28(34-35-31)24-16-8-9-18-26(24)36(29)20-19-21-11-4-3-5-12-21/h3-18,27H,2,19-20H2,1H3,(H,32,37)/t27-/m1/s1. The zero-order valence-corrected chi connectivity index (χ0v) is 21.9. The third-order valence-corrected chi connectivity index (χ3v) is 8.00. The minimum absolute atomic E-state index is 0.0674. The Morgan fingerprint density at radius 3 is 2.45 bits per heavy atom. The number of carbonyl (C=O) groups excluding carboxylic acids is 1. The van der Waals surface area contributed by atoms with Crippen molar-refractivity contribution < 1.29 is 4.79 Å². The molecule has 0 saturated heterocycles. The Labute approximate surface area is 225 Å². The predicted octanol–water partition coefficient (Wildman–Crippen LogP) is 6.88. The molecule has 0 saturated carbocycles. The van der Waals surface area contributed by atoms with Crippen molar-refractivity contribution in [2.45, 2.75) is 36.7 Å². The van der Waals surface area contributed by atoms with Crippen LogP contribution in [-0.2, 0) is 17.8 Å². The number of benzene rings is 4. The second-order valence-electron chi connectivity index (χ2n) is 9.20. The molecular weight excluding hydrogens is 490 g/mol. The summed E-state index contributed by atoms with van der Waals surface area (Å²) >= 11 is 1.36. The monoisotopic (exact) mass is 517 g/mol. The summed E-state index contributed by atoms with van der Waals surface area (Å²) in [6.07, 6.45) is 1.52. The summed E-state index contributed by atoms with van der Waals surface area (Å²) in [6.45, 7) is 2.78. The van der Waals surface area contributed by atoms with Crippen molar-refractivity contribution in [3.05, 3.63) is 103 Å². The van der Waals surface area contributed by atoms with Crippen LogP contribution in [0, 0.1) is 0 Å². The van der Waals surface area contributed by atoms with Crippen molar-refractivity contribution in [1.29, 1.82) is 0 Å². The van der Waals surface area contributed by atoms with E-state index in [-0.39, 0.29) is 11.2 Å². The molecule has 0 fully saturated rings. The van der Waals surface area contributed by atoms with Crippen LogP contribution >= 0.6 is 11.8 Å². The summed E-state index contributed by atoms with van der Waals surface area (Å²) in [5.41, 5.74) is 4.74. The Morgan fingerprint density at radius 1 is 0.868 bits per heavy atom. The Balaban J connectivity index is 1.29. The summed E-state index contributed by atoms with van der Waals surface area (Å²) in [7, 11) is 0. The van der Waals surface area contributed by atoms with Gasteiger partial charge in [-0.15, -0.1) is 10.2 Å². The number of aromatic nitrogens is 4. The molecule has 38 heavy (non-hydrogen) atoms. The van der Waals surface area contributed by atoms with Crippen LogP contribution in [-0.4, -0.2) is 30.9 Å². The number of hydrogen-bond donors (Lipinski definition) is 1. The molecule has 1 atom stereocenters. The second kappa shape index (κ2) is 10.6. The molecule has 0 spiro atoms. The Morgan fingerprint density at radius 2 is 1.61 bits per heavy atom. The van der Waals surface area contributed by atoms with E-state index in [2.05, 4.69) is 56.5 Å². The van der Waals surface area contributed by atoms with Gasteiger partial charge in [0.1, 0.15) is 5.52 Å². The average Bonchev–Trinajstić information content (AvgIpc) is 3.28. The number of anilines is 1. The van der Waals surface area contributed by atoms with Crippen LogP contribution in [0.3, 0.4) is 0 Å². The number of nitrogens with zero attached hydrogens (tertiary/aromatic N) is 4. The van der Waals surface area contributed by atoms with Crippen LogP contribution < -0.4 is 5.32 Å². The maximum Gasteiger partial charge on any atom is 0.237 e. The van der Waals surface area contributed by atoms with Crippen molar-refractivity contribution in [3.63, 3.8) is 0 Å². The lowest BCUT2D eigenvalue weighted by atomic mass is 10.1. The van der Waals surface area contributed by atoms with Gasteiger partial charge in [0.15, 0.2) is 5.65 Å². The molecule has 2 aromatic heterocycles. The summed E-state index contributed by atoms with van der Waals surface area (Å²) in [6, 6.07) is 32.6. The molecule has 0 radical (unpaired) electrons. The van der Waals surface area contributed by atoms with Crippen LogP contribution in [0.25, 0.3) is 32.8 Å². The summed E-state index contributed by atoms with van der Waals surface area (Å²) < 4.78 is 2.22. The molecule has 0 unspecified atom stereocenters. The highest BCUT2D eigenvalue weighted by molar-refractivity contribution is 8.00. The van der Waals surface area contributed by atoms with Gasteiger partial charge in [0.05, 0.1) is 10.8 Å². The van der Waals surface area contributed by atoms with E-state index in [9.17, 15) is 4.79 Å². The number of hydrogen-bond acceptors (Lipinski definition) is 5. The SMILES string of the molecule is CC[C@@H](Sc1nnc2c3ccccc3n(CCc3ccccc3)c2n1)C(=O)Nc1cccc2ccccc12. The maximum atomic E-state index is 13.3. The van der Waals surface area contributed by atoms with Crippen molar-refractivity contribution in [1.82, 2.24) is 19.7 Å². The second-order valence-corrected chi connectivity index (χ2v) is 10.4. The van der Waals surface area contributed by atoms with Gasteiger partial charge in [-0.1, -0.05) is 104 Å². The normalized spacial score (nSPS) is 12.2. The van der Waals surface area contributed by atoms with E-state index in [1.165, 1.54) is 17.3 Å². The first-order valence-corrected chi connectivity index (χ1v) is 13.7. The van der Waals surface area contributed by atoms with E-state index in [1.54, 1.807) is 0 Å². The first-order valence-electron chi connectivity index (χ1n) is 12.8. The van der Waals surface area contributed by atoms with Crippen LogP contribution in [0.2, 0.25) is 0 Å². The third kappa shape index (κ3) is 4.73. The number of carbonyl (C=O) groups is 1. The molecule has 1 amide bonds. The topological polar surface area (TPSA) is 72.7 Å². The van der Waals surface area contributed by atoms with Crippen molar-refractivity contribution in [2.24, 2.45) is 0 Å². The van der Waals surface area contributed by atoms with Gasteiger partial charge in [-0.05, 0) is 35.9 Å². The quantitative estimate of drug-likeness (QED) is 0.223. The Kier molecular flexibility index (Phi) is 6.75. The minimum Gasteiger partial charge on any atom is -0.325 e. The maximum absolute atomic E-state index is 13.3. The Bertz CT molecular complexity index is 1740. The molecule has 0 bridgehead atoms. The van der Waals surface area contributed by atoms with E-state index in [4.69, 9.17) is 4.98 Å². The fourth-order valence-electron chi connectivity index (χ4n) is 4.85. The van der Waals surface area contributed by atoms with Gasteiger partial charge in [-0.3, -0.25) is 4.79 Å². The number of fused-ring (bicyclic) bond motifs is 4. The smallest absolute Gasteiger partial charge is 0.237 e. The molecule has 0 aliphatic rings. The van der Waals surface area contributed by atoms with Crippen molar-refractivity contribution in [3.8, 4) is 0 Å². The molecule has 6 rings (SSSR count). The molecule has 6 nitrogen and oxygen atoms in total. The molecule has 6 aromatic rings. The zero-order valence-electron chi connectivity index (χ0n) is 21.0. The zero-order chi connectivity index (χ0) is 25.9. The van der Waals surface area contributed by atoms with Gasteiger partial charge >= 0.3 is 0 Å². The number of para-hydroxylation sites is 1. The highest BCUT2D eigenvalue weighted by atomic mass is 32.2. The highest BCUT2D eigenvalue weighted by Crippen LogP contribution is 2.30. The number of nitrogens with one attached hydrogen (secondary N) is 1.